The van der Waals surface area contributed by atoms with E-state index in [2.05, 4.69) is 184 Å². The van der Waals surface area contributed by atoms with Gasteiger partial charge in [0.15, 0.2) is 0 Å². The minimum Gasteiger partial charge on any atom is -0.0619 e. The molecule has 49 heavy (non-hydrogen) atoms. The molecular formula is C49H34. The Morgan fingerprint density at radius 3 is 1.59 bits per heavy atom. The van der Waals surface area contributed by atoms with E-state index < -0.39 is 0 Å². The van der Waals surface area contributed by atoms with Gasteiger partial charge in [-0.25, -0.2) is 0 Å². The SMILES string of the molecule is CC1(C)c2ccccc2-c2cccc(-c3cc(-c4c5ccccc5c(-c5ccc6ccccc6c5)c5ccccc45)c4ccccc4c3)c21. The van der Waals surface area contributed by atoms with Crippen LogP contribution in [0.5, 0.6) is 0 Å². The minimum atomic E-state index is -0.102. The van der Waals surface area contributed by atoms with Crippen LogP contribution in [-0.4, -0.2) is 0 Å². The van der Waals surface area contributed by atoms with Crippen LogP contribution in [0.3, 0.4) is 0 Å². The molecule has 10 rings (SSSR count). The van der Waals surface area contributed by atoms with Crippen LogP contribution in [0.2, 0.25) is 0 Å². The van der Waals surface area contributed by atoms with Gasteiger partial charge in [-0.3, -0.25) is 0 Å². The zero-order valence-electron chi connectivity index (χ0n) is 27.7. The van der Waals surface area contributed by atoms with Crippen LogP contribution in [0.1, 0.15) is 25.0 Å². The first-order valence-corrected chi connectivity index (χ1v) is 17.3. The molecule has 0 saturated heterocycles. The molecule has 0 fully saturated rings. The Morgan fingerprint density at radius 2 is 0.857 bits per heavy atom. The maximum Gasteiger partial charge on any atom is 0.0165 e. The lowest BCUT2D eigenvalue weighted by Crippen LogP contribution is -2.16. The first kappa shape index (κ1) is 28.1. The van der Waals surface area contributed by atoms with E-state index in [-0.39, 0.29) is 5.41 Å². The van der Waals surface area contributed by atoms with Crippen molar-refractivity contribution in [1.29, 1.82) is 0 Å². The fourth-order valence-corrected chi connectivity index (χ4v) is 8.84. The maximum absolute atomic E-state index is 2.47. The normalized spacial score (nSPS) is 13.3. The van der Waals surface area contributed by atoms with Crippen LogP contribution in [0, 0.1) is 0 Å². The summed E-state index contributed by atoms with van der Waals surface area (Å²) in [4.78, 5) is 0. The Hall–Kier alpha value is -5.98. The summed E-state index contributed by atoms with van der Waals surface area (Å²) >= 11 is 0. The maximum atomic E-state index is 2.47. The van der Waals surface area contributed by atoms with E-state index in [0.29, 0.717) is 0 Å². The average molecular weight is 623 g/mol. The van der Waals surface area contributed by atoms with Crippen LogP contribution in [-0.2, 0) is 5.41 Å². The Labute approximate surface area is 286 Å². The average Bonchev–Trinajstić information content (AvgIpc) is 3.39. The predicted octanol–water partition coefficient (Wildman–Crippen LogP) is 13.6. The molecule has 0 aromatic heterocycles. The summed E-state index contributed by atoms with van der Waals surface area (Å²) in [5.74, 6) is 0. The Bertz CT molecular complexity index is 2740. The van der Waals surface area contributed by atoms with Crippen LogP contribution in [0.15, 0.2) is 170 Å². The Morgan fingerprint density at radius 1 is 0.327 bits per heavy atom. The summed E-state index contributed by atoms with van der Waals surface area (Å²) in [6.07, 6.45) is 0. The summed E-state index contributed by atoms with van der Waals surface area (Å²) in [7, 11) is 0. The first-order valence-electron chi connectivity index (χ1n) is 17.3. The monoisotopic (exact) mass is 622 g/mol. The molecule has 0 atom stereocenters. The number of hydrogen-bond donors (Lipinski definition) is 0. The molecule has 0 amide bonds. The third-order valence-electron chi connectivity index (χ3n) is 11.0. The molecule has 0 N–H and O–H groups in total. The van der Waals surface area contributed by atoms with Crippen molar-refractivity contribution in [1.82, 2.24) is 0 Å². The lowest BCUT2D eigenvalue weighted by Gasteiger charge is -2.25. The number of hydrogen-bond acceptors (Lipinski definition) is 0. The highest BCUT2D eigenvalue weighted by atomic mass is 14.4. The van der Waals surface area contributed by atoms with Gasteiger partial charge < -0.3 is 0 Å². The van der Waals surface area contributed by atoms with Crippen molar-refractivity contribution in [3.8, 4) is 44.5 Å². The smallest absolute Gasteiger partial charge is 0.0165 e. The first-order chi connectivity index (χ1) is 24.1. The standard InChI is InChI=1S/C49H34/c1-49(2)45-25-12-11-18-38(45)43-24-13-23-37(48(43)49)35-29-33-16-5-6-17-36(33)44(30-35)47-41-21-9-7-19-39(41)46(40-20-8-10-22-42(40)47)34-27-26-31-14-3-4-15-32(31)28-34/h3-30H,1-2H3. The van der Waals surface area contributed by atoms with E-state index in [1.165, 1.54) is 98.7 Å². The minimum absolute atomic E-state index is 0.102. The molecule has 0 heterocycles. The van der Waals surface area contributed by atoms with Gasteiger partial charge in [-0.1, -0.05) is 166 Å². The molecular weight excluding hydrogens is 589 g/mol. The lowest BCUT2D eigenvalue weighted by atomic mass is 9.78. The predicted molar refractivity (Wildman–Crippen MR) is 210 cm³/mol. The fourth-order valence-electron chi connectivity index (χ4n) is 8.84. The van der Waals surface area contributed by atoms with Crippen molar-refractivity contribution in [2.75, 3.05) is 0 Å². The molecule has 1 aliphatic rings. The molecule has 9 aromatic carbocycles. The van der Waals surface area contributed by atoms with Crippen molar-refractivity contribution >= 4 is 43.1 Å². The third-order valence-corrected chi connectivity index (χ3v) is 11.0. The van der Waals surface area contributed by atoms with Gasteiger partial charge in [0.05, 0.1) is 0 Å². The summed E-state index contributed by atoms with van der Waals surface area (Å²) in [5.41, 5.74) is 13.1. The third kappa shape index (κ3) is 4.11. The Kier molecular flexibility index (Phi) is 6.02. The lowest BCUT2D eigenvalue weighted by molar-refractivity contribution is 0.662. The fraction of sp³-hybridized carbons (Fsp3) is 0.0612. The van der Waals surface area contributed by atoms with Crippen LogP contribution < -0.4 is 0 Å². The van der Waals surface area contributed by atoms with E-state index in [1.54, 1.807) is 0 Å². The van der Waals surface area contributed by atoms with E-state index in [0.717, 1.165) is 0 Å². The van der Waals surface area contributed by atoms with E-state index in [9.17, 15) is 0 Å². The van der Waals surface area contributed by atoms with Crippen LogP contribution in [0.25, 0.3) is 87.6 Å². The molecule has 230 valence electrons. The second kappa shape index (κ2) is 10.5. The van der Waals surface area contributed by atoms with Crippen molar-refractivity contribution in [3.63, 3.8) is 0 Å². The molecule has 0 heteroatoms. The summed E-state index contributed by atoms with van der Waals surface area (Å²) < 4.78 is 0. The second-order valence-electron chi connectivity index (χ2n) is 14.0. The quantitative estimate of drug-likeness (QED) is 0.172. The van der Waals surface area contributed by atoms with Gasteiger partial charge in [-0.05, 0) is 117 Å². The van der Waals surface area contributed by atoms with Crippen molar-refractivity contribution in [3.05, 3.63) is 181 Å². The van der Waals surface area contributed by atoms with Gasteiger partial charge >= 0.3 is 0 Å². The largest absolute Gasteiger partial charge is 0.0619 e. The molecule has 0 aliphatic heterocycles. The van der Waals surface area contributed by atoms with Crippen molar-refractivity contribution in [2.45, 2.75) is 19.3 Å². The van der Waals surface area contributed by atoms with Crippen molar-refractivity contribution < 1.29 is 0 Å². The molecule has 9 aromatic rings. The molecule has 0 nitrogen and oxygen atoms in total. The van der Waals surface area contributed by atoms with Gasteiger partial charge in [0.1, 0.15) is 0 Å². The molecule has 0 unspecified atom stereocenters. The topological polar surface area (TPSA) is 0 Å². The summed E-state index contributed by atoms with van der Waals surface area (Å²) in [6.45, 7) is 4.77. The van der Waals surface area contributed by atoms with E-state index in [1.807, 2.05) is 0 Å². The van der Waals surface area contributed by atoms with Crippen LogP contribution >= 0.6 is 0 Å². The highest BCUT2D eigenvalue weighted by molar-refractivity contribution is 6.24. The second-order valence-corrected chi connectivity index (χ2v) is 14.0. The molecule has 0 radical (unpaired) electrons. The van der Waals surface area contributed by atoms with Gasteiger partial charge in [-0.2, -0.15) is 0 Å². The van der Waals surface area contributed by atoms with E-state index in [4.69, 9.17) is 0 Å². The van der Waals surface area contributed by atoms with Crippen molar-refractivity contribution in [2.24, 2.45) is 0 Å². The summed E-state index contributed by atoms with van der Waals surface area (Å²) in [6, 6.07) is 63.2. The summed E-state index contributed by atoms with van der Waals surface area (Å²) in [5, 5.41) is 10.2. The highest BCUT2D eigenvalue weighted by Gasteiger charge is 2.37. The van der Waals surface area contributed by atoms with E-state index >= 15 is 0 Å². The van der Waals surface area contributed by atoms with Crippen LogP contribution in [0.4, 0.5) is 0 Å². The van der Waals surface area contributed by atoms with Gasteiger partial charge in [0, 0.05) is 5.41 Å². The number of rotatable bonds is 3. The van der Waals surface area contributed by atoms with Gasteiger partial charge in [0.25, 0.3) is 0 Å². The van der Waals surface area contributed by atoms with Gasteiger partial charge in [0.2, 0.25) is 0 Å². The number of fused-ring (bicyclic) bond motifs is 7. The number of benzene rings is 9. The molecule has 0 spiro atoms. The molecule has 1 aliphatic carbocycles. The zero-order valence-corrected chi connectivity index (χ0v) is 27.7. The zero-order chi connectivity index (χ0) is 32.7. The Balaban J connectivity index is 1.29. The molecule has 0 saturated carbocycles. The van der Waals surface area contributed by atoms with Gasteiger partial charge in [-0.15, -0.1) is 0 Å². The highest BCUT2D eigenvalue weighted by Crippen LogP contribution is 2.53. The molecule has 0 bridgehead atoms.